The lowest BCUT2D eigenvalue weighted by Crippen LogP contribution is -2.55. The Morgan fingerprint density at radius 1 is 1.11 bits per heavy atom. The van der Waals surface area contributed by atoms with Gasteiger partial charge < -0.3 is 19.3 Å². The number of ketones is 1. The number of benzene rings is 2. The molecule has 2 aromatic carbocycles. The predicted octanol–water partition coefficient (Wildman–Crippen LogP) is 2.92. The largest absolute Gasteiger partial charge is 0.493 e. The van der Waals surface area contributed by atoms with Crippen molar-refractivity contribution in [2.24, 2.45) is 0 Å². The second kappa shape index (κ2) is 8.20. The number of hydrogen-bond donors (Lipinski definition) is 1. The van der Waals surface area contributed by atoms with Crippen molar-refractivity contribution in [3.05, 3.63) is 53.6 Å². The highest BCUT2D eigenvalue weighted by Crippen LogP contribution is 2.37. The van der Waals surface area contributed by atoms with Gasteiger partial charge in [0, 0.05) is 18.7 Å². The SMILES string of the molecule is COc1cc2c(cc1OC)C(=O)C(C)(C)N(CC(O)COc1ccccc1)C2. The molecule has 0 spiro atoms. The van der Waals surface area contributed by atoms with Crippen molar-refractivity contribution in [2.75, 3.05) is 27.4 Å². The zero-order valence-electron chi connectivity index (χ0n) is 16.8. The van der Waals surface area contributed by atoms with Gasteiger partial charge >= 0.3 is 0 Å². The zero-order chi connectivity index (χ0) is 20.3. The molecule has 0 bridgehead atoms. The molecule has 0 radical (unpaired) electrons. The number of para-hydroxylation sites is 1. The standard InChI is InChI=1S/C22H27NO5/c1-22(2)21(25)18-11-20(27-4)19(26-3)10-15(18)12-23(22)13-16(24)14-28-17-8-6-5-7-9-17/h5-11,16,24H,12-14H2,1-4H3. The number of ether oxygens (including phenoxy) is 3. The number of fused-ring (bicyclic) bond motifs is 1. The molecular weight excluding hydrogens is 358 g/mol. The lowest BCUT2D eigenvalue weighted by atomic mass is 9.83. The van der Waals surface area contributed by atoms with E-state index < -0.39 is 11.6 Å². The molecule has 0 saturated heterocycles. The van der Waals surface area contributed by atoms with Crippen LogP contribution in [0, 0.1) is 0 Å². The number of carbonyl (C=O) groups is 1. The van der Waals surface area contributed by atoms with Crippen LogP contribution in [-0.4, -0.2) is 54.8 Å². The van der Waals surface area contributed by atoms with Crippen molar-refractivity contribution < 1.29 is 24.1 Å². The Balaban J connectivity index is 1.76. The van der Waals surface area contributed by atoms with Crippen molar-refractivity contribution in [1.82, 2.24) is 4.90 Å². The molecule has 6 heteroatoms. The summed E-state index contributed by atoms with van der Waals surface area (Å²) < 4.78 is 16.3. The lowest BCUT2D eigenvalue weighted by Gasteiger charge is -2.42. The third kappa shape index (κ3) is 3.98. The predicted molar refractivity (Wildman–Crippen MR) is 106 cm³/mol. The van der Waals surface area contributed by atoms with E-state index in [2.05, 4.69) is 0 Å². The third-order valence-corrected chi connectivity index (χ3v) is 5.18. The Hall–Kier alpha value is -2.57. The Morgan fingerprint density at radius 3 is 2.39 bits per heavy atom. The normalized spacial score (nSPS) is 17.0. The van der Waals surface area contributed by atoms with Crippen molar-refractivity contribution >= 4 is 5.78 Å². The van der Waals surface area contributed by atoms with Gasteiger partial charge in [0.1, 0.15) is 18.5 Å². The van der Waals surface area contributed by atoms with Crippen LogP contribution >= 0.6 is 0 Å². The first kappa shape index (κ1) is 20.2. The summed E-state index contributed by atoms with van der Waals surface area (Å²) in [7, 11) is 3.12. The fourth-order valence-corrected chi connectivity index (χ4v) is 3.45. The molecule has 3 rings (SSSR count). The maximum atomic E-state index is 13.1. The van der Waals surface area contributed by atoms with E-state index in [1.165, 1.54) is 0 Å². The minimum absolute atomic E-state index is 0.00844. The molecule has 28 heavy (non-hydrogen) atoms. The Labute approximate surface area is 165 Å². The second-order valence-electron chi connectivity index (χ2n) is 7.41. The summed E-state index contributed by atoms with van der Waals surface area (Å²) in [5.74, 6) is 1.82. The Morgan fingerprint density at radius 2 is 1.75 bits per heavy atom. The van der Waals surface area contributed by atoms with E-state index in [4.69, 9.17) is 14.2 Å². The van der Waals surface area contributed by atoms with E-state index in [9.17, 15) is 9.90 Å². The number of Topliss-reactive ketones (excluding diaryl/α,β-unsaturated/α-hetero) is 1. The van der Waals surface area contributed by atoms with Gasteiger partial charge in [0.15, 0.2) is 17.3 Å². The first-order valence-corrected chi connectivity index (χ1v) is 9.27. The summed E-state index contributed by atoms with van der Waals surface area (Å²) in [4.78, 5) is 15.1. The van der Waals surface area contributed by atoms with Crippen molar-refractivity contribution in [1.29, 1.82) is 0 Å². The van der Waals surface area contributed by atoms with E-state index in [1.807, 2.05) is 55.1 Å². The number of carbonyl (C=O) groups excluding carboxylic acids is 1. The van der Waals surface area contributed by atoms with Crippen LogP contribution in [0.5, 0.6) is 17.2 Å². The monoisotopic (exact) mass is 385 g/mol. The molecule has 2 aromatic rings. The summed E-state index contributed by atoms with van der Waals surface area (Å²) in [5.41, 5.74) is 0.743. The second-order valence-corrected chi connectivity index (χ2v) is 7.41. The molecule has 1 N–H and O–H groups in total. The van der Waals surface area contributed by atoms with Gasteiger partial charge in [0.2, 0.25) is 0 Å². The van der Waals surface area contributed by atoms with Crippen LogP contribution in [0.3, 0.4) is 0 Å². The van der Waals surface area contributed by atoms with Crippen molar-refractivity contribution in [2.45, 2.75) is 32.0 Å². The van der Waals surface area contributed by atoms with Gasteiger partial charge in [-0.3, -0.25) is 9.69 Å². The number of aliphatic hydroxyl groups is 1. The van der Waals surface area contributed by atoms with Crippen LogP contribution in [0.2, 0.25) is 0 Å². The van der Waals surface area contributed by atoms with Crippen LogP contribution in [-0.2, 0) is 6.54 Å². The van der Waals surface area contributed by atoms with E-state index >= 15 is 0 Å². The van der Waals surface area contributed by atoms with Gasteiger partial charge in [-0.05, 0) is 43.7 Å². The third-order valence-electron chi connectivity index (χ3n) is 5.18. The van der Waals surface area contributed by atoms with Gasteiger partial charge in [0.25, 0.3) is 0 Å². The minimum Gasteiger partial charge on any atom is -0.493 e. The summed E-state index contributed by atoms with van der Waals surface area (Å²) in [5, 5.41) is 10.5. The molecule has 0 aromatic heterocycles. The van der Waals surface area contributed by atoms with E-state index in [0.29, 0.717) is 35.9 Å². The highest BCUT2D eigenvalue weighted by Gasteiger charge is 2.41. The van der Waals surface area contributed by atoms with Crippen LogP contribution in [0.15, 0.2) is 42.5 Å². The van der Waals surface area contributed by atoms with E-state index in [1.54, 1.807) is 20.3 Å². The number of rotatable bonds is 7. The van der Waals surface area contributed by atoms with Gasteiger partial charge in [0.05, 0.1) is 19.8 Å². The van der Waals surface area contributed by atoms with Crippen molar-refractivity contribution in [3.8, 4) is 17.2 Å². The maximum Gasteiger partial charge on any atom is 0.182 e. The van der Waals surface area contributed by atoms with Crippen LogP contribution in [0.25, 0.3) is 0 Å². The molecule has 1 unspecified atom stereocenters. The van der Waals surface area contributed by atoms with Crippen LogP contribution < -0.4 is 14.2 Å². The highest BCUT2D eigenvalue weighted by molar-refractivity contribution is 6.05. The maximum absolute atomic E-state index is 13.1. The van der Waals surface area contributed by atoms with Gasteiger partial charge in [-0.15, -0.1) is 0 Å². The van der Waals surface area contributed by atoms with Gasteiger partial charge in [-0.25, -0.2) is 0 Å². The molecule has 0 fully saturated rings. The number of nitrogens with zero attached hydrogens (tertiary/aromatic N) is 1. The number of methoxy groups -OCH3 is 2. The fourth-order valence-electron chi connectivity index (χ4n) is 3.45. The molecule has 1 aliphatic heterocycles. The number of hydrogen-bond acceptors (Lipinski definition) is 6. The molecule has 1 heterocycles. The first-order chi connectivity index (χ1) is 13.4. The molecule has 6 nitrogen and oxygen atoms in total. The smallest absolute Gasteiger partial charge is 0.182 e. The molecule has 0 saturated carbocycles. The van der Waals surface area contributed by atoms with Gasteiger partial charge in [-0.2, -0.15) is 0 Å². The molecule has 1 atom stereocenters. The molecule has 0 aliphatic carbocycles. The summed E-state index contributed by atoms with van der Waals surface area (Å²) in [6.07, 6.45) is -0.728. The van der Waals surface area contributed by atoms with Gasteiger partial charge in [-0.1, -0.05) is 18.2 Å². The molecule has 150 valence electrons. The van der Waals surface area contributed by atoms with Crippen LogP contribution in [0.1, 0.15) is 29.8 Å². The van der Waals surface area contributed by atoms with E-state index in [0.717, 1.165) is 5.56 Å². The summed E-state index contributed by atoms with van der Waals surface area (Å²) in [6.45, 7) is 4.75. The number of aliphatic hydroxyl groups excluding tert-OH is 1. The average molecular weight is 385 g/mol. The highest BCUT2D eigenvalue weighted by atomic mass is 16.5. The fraction of sp³-hybridized carbons (Fsp3) is 0.409. The quantitative estimate of drug-likeness (QED) is 0.790. The molecular formula is C22H27NO5. The van der Waals surface area contributed by atoms with Crippen molar-refractivity contribution in [3.63, 3.8) is 0 Å². The van der Waals surface area contributed by atoms with Crippen LogP contribution in [0.4, 0.5) is 0 Å². The first-order valence-electron chi connectivity index (χ1n) is 9.27. The summed E-state index contributed by atoms with van der Waals surface area (Å²) in [6, 6.07) is 12.9. The topological polar surface area (TPSA) is 68.2 Å². The zero-order valence-corrected chi connectivity index (χ0v) is 16.8. The summed E-state index contributed by atoms with van der Waals surface area (Å²) >= 11 is 0. The minimum atomic E-state index is -0.750. The molecule has 1 aliphatic rings. The Bertz CT molecular complexity index is 834. The number of β-amino-alcohol motifs (C(OH)–C–C–N with tert-alkyl or cyclic N) is 1. The average Bonchev–Trinajstić information content (AvgIpc) is 2.70. The molecule has 0 amide bonds. The Kier molecular flexibility index (Phi) is 5.91. The van der Waals surface area contributed by atoms with E-state index in [-0.39, 0.29) is 12.4 Å². The lowest BCUT2D eigenvalue weighted by molar-refractivity contribution is 0.0182.